The van der Waals surface area contributed by atoms with Crippen molar-refractivity contribution in [3.63, 3.8) is 0 Å². The lowest BCUT2D eigenvalue weighted by molar-refractivity contribution is -0.126. The molecule has 0 aromatic heterocycles. The molecule has 0 atom stereocenters. The first-order chi connectivity index (χ1) is 11.0. The zero-order valence-corrected chi connectivity index (χ0v) is 12.9. The molecule has 1 N–H and O–H groups in total. The maximum atomic E-state index is 13.7. The molecule has 0 saturated carbocycles. The van der Waals surface area contributed by atoms with Gasteiger partial charge >= 0.3 is 0 Å². The summed E-state index contributed by atoms with van der Waals surface area (Å²) < 4.78 is 39.8. The first-order valence-electron chi connectivity index (χ1n) is 7.66. The van der Waals surface area contributed by atoms with Gasteiger partial charge in [0.15, 0.2) is 17.5 Å². The Hall–Kier alpha value is -2.05. The van der Waals surface area contributed by atoms with Crippen molar-refractivity contribution in [1.29, 1.82) is 0 Å². The van der Waals surface area contributed by atoms with Gasteiger partial charge in [-0.05, 0) is 31.4 Å². The molecule has 1 aliphatic rings. The van der Waals surface area contributed by atoms with Crippen molar-refractivity contribution in [1.82, 2.24) is 10.2 Å². The summed E-state index contributed by atoms with van der Waals surface area (Å²) in [5.74, 6) is -5.36. The maximum absolute atomic E-state index is 13.7. The first kappa shape index (κ1) is 17.3. The van der Waals surface area contributed by atoms with E-state index in [1.54, 1.807) is 0 Å². The number of hydrogen-bond donors (Lipinski definition) is 1. The van der Waals surface area contributed by atoms with Gasteiger partial charge in [0.2, 0.25) is 5.91 Å². The van der Waals surface area contributed by atoms with Crippen LogP contribution in [0.1, 0.15) is 36.5 Å². The normalized spacial score (nSPS) is 15.6. The second-order valence-electron chi connectivity index (χ2n) is 5.58. The number of halogens is 3. The van der Waals surface area contributed by atoms with Crippen LogP contribution in [0.4, 0.5) is 13.2 Å². The number of piperidine rings is 1. The fraction of sp³-hybridized carbons (Fsp3) is 0.500. The van der Waals surface area contributed by atoms with E-state index in [1.807, 2.05) is 6.92 Å². The van der Waals surface area contributed by atoms with Gasteiger partial charge in [0.05, 0.1) is 5.56 Å². The van der Waals surface area contributed by atoms with Crippen LogP contribution < -0.4 is 5.32 Å². The zero-order valence-electron chi connectivity index (χ0n) is 12.9. The summed E-state index contributed by atoms with van der Waals surface area (Å²) in [5, 5.41) is 2.81. The molecular formula is C16H19F3N2O2. The Balaban J connectivity index is 1.99. The Morgan fingerprint density at radius 1 is 1.17 bits per heavy atom. The van der Waals surface area contributed by atoms with Crippen LogP contribution in [-0.2, 0) is 4.79 Å². The number of hydrogen-bond acceptors (Lipinski definition) is 2. The van der Waals surface area contributed by atoms with E-state index in [0.29, 0.717) is 19.4 Å². The van der Waals surface area contributed by atoms with Crippen molar-refractivity contribution in [2.24, 2.45) is 5.92 Å². The van der Waals surface area contributed by atoms with Crippen molar-refractivity contribution < 1.29 is 22.8 Å². The standard InChI is InChI=1S/C16H19F3N2O2/c1-2-7-20-15(22)10-5-8-21(9-6-10)16(23)11-3-4-12(17)14(19)13(11)18/h3-4,10H,2,5-9H2,1H3,(H,20,22). The minimum absolute atomic E-state index is 0.0436. The SMILES string of the molecule is CCCNC(=O)C1CCN(C(=O)c2ccc(F)c(F)c2F)CC1. The summed E-state index contributed by atoms with van der Waals surface area (Å²) in [4.78, 5) is 25.5. The lowest BCUT2D eigenvalue weighted by Gasteiger charge is -2.31. The molecule has 0 spiro atoms. The van der Waals surface area contributed by atoms with Crippen LogP contribution in [0.15, 0.2) is 12.1 Å². The van der Waals surface area contributed by atoms with Crippen molar-refractivity contribution in [3.05, 3.63) is 35.1 Å². The number of nitrogens with zero attached hydrogens (tertiary/aromatic N) is 1. The van der Waals surface area contributed by atoms with Crippen LogP contribution in [0, 0.1) is 23.4 Å². The van der Waals surface area contributed by atoms with Crippen molar-refractivity contribution in [2.45, 2.75) is 26.2 Å². The highest BCUT2D eigenvalue weighted by Gasteiger charge is 2.29. The second kappa shape index (κ2) is 7.48. The quantitative estimate of drug-likeness (QED) is 0.863. The van der Waals surface area contributed by atoms with E-state index in [-0.39, 0.29) is 24.9 Å². The van der Waals surface area contributed by atoms with E-state index in [0.717, 1.165) is 18.6 Å². The third kappa shape index (κ3) is 3.83. The summed E-state index contributed by atoms with van der Waals surface area (Å²) in [7, 11) is 0. The zero-order chi connectivity index (χ0) is 17.0. The molecule has 0 unspecified atom stereocenters. The smallest absolute Gasteiger partial charge is 0.256 e. The molecule has 1 saturated heterocycles. The molecule has 1 aliphatic heterocycles. The Morgan fingerprint density at radius 2 is 1.83 bits per heavy atom. The van der Waals surface area contributed by atoms with Crippen LogP contribution in [0.3, 0.4) is 0 Å². The average molecular weight is 328 g/mol. The monoisotopic (exact) mass is 328 g/mol. The number of benzene rings is 1. The molecule has 4 nitrogen and oxygen atoms in total. The Morgan fingerprint density at radius 3 is 2.43 bits per heavy atom. The van der Waals surface area contributed by atoms with Gasteiger partial charge in [0.25, 0.3) is 5.91 Å². The molecule has 126 valence electrons. The van der Waals surface area contributed by atoms with E-state index in [9.17, 15) is 22.8 Å². The van der Waals surface area contributed by atoms with Gasteiger partial charge < -0.3 is 10.2 Å². The van der Waals surface area contributed by atoms with Crippen LogP contribution in [0.5, 0.6) is 0 Å². The van der Waals surface area contributed by atoms with Crippen molar-refractivity contribution >= 4 is 11.8 Å². The molecule has 0 aliphatic carbocycles. The highest BCUT2D eigenvalue weighted by atomic mass is 19.2. The lowest BCUT2D eigenvalue weighted by Crippen LogP contribution is -2.43. The number of likely N-dealkylation sites (tertiary alicyclic amines) is 1. The van der Waals surface area contributed by atoms with Gasteiger partial charge in [-0.3, -0.25) is 9.59 Å². The molecule has 2 amide bonds. The Kier molecular flexibility index (Phi) is 5.63. The highest BCUT2D eigenvalue weighted by molar-refractivity contribution is 5.94. The number of carbonyl (C=O) groups is 2. The van der Waals surface area contributed by atoms with Crippen LogP contribution >= 0.6 is 0 Å². The molecule has 2 rings (SSSR count). The predicted molar refractivity (Wildman–Crippen MR) is 78.2 cm³/mol. The van der Waals surface area contributed by atoms with Crippen LogP contribution in [-0.4, -0.2) is 36.3 Å². The van der Waals surface area contributed by atoms with Crippen LogP contribution in [0.25, 0.3) is 0 Å². The summed E-state index contributed by atoms with van der Waals surface area (Å²) in [5.41, 5.74) is -0.488. The second-order valence-corrected chi connectivity index (χ2v) is 5.58. The minimum atomic E-state index is -1.65. The fourth-order valence-corrected chi connectivity index (χ4v) is 2.60. The van der Waals surface area contributed by atoms with E-state index >= 15 is 0 Å². The molecule has 23 heavy (non-hydrogen) atoms. The van der Waals surface area contributed by atoms with Gasteiger partial charge in [0, 0.05) is 25.6 Å². The predicted octanol–water partition coefficient (Wildman–Crippen LogP) is 2.48. The van der Waals surface area contributed by atoms with Crippen molar-refractivity contribution in [3.8, 4) is 0 Å². The fourth-order valence-electron chi connectivity index (χ4n) is 2.60. The first-order valence-corrected chi connectivity index (χ1v) is 7.66. The van der Waals surface area contributed by atoms with Gasteiger partial charge in [-0.1, -0.05) is 6.92 Å². The van der Waals surface area contributed by atoms with Crippen LogP contribution in [0.2, 0.25) is 0 Å². The molecule has 0 radical (unpaired) electrons. The van der Waals surface area contributed by atoms with E-state index in [2.05, 4.69) is 5.32 Å². The summed E-state index contributed by atoms with van der Waals surface area (Å²) in [6.45, 7) is 3.12. The Bertz CT molecular complexity index is 599. The van der Waals surface area contributed by atoms with Gasteiger partial charge in [-0.25, -0.2) is 13.2 Å². The molecule has 7 heteroatoms. The third-order valence-electron chi connectivity index (χ3n) is 3.97. The summed E-state index contributed by atoms with van der Waals surface area (Å²) in [6, 6.07) is 1.67. The van der Waals surface area contributed by atoms with E-state index in [4.69, 9.17) is 0 Å². The Labute approximate surface area is 132 Å². The molecule has 0 bridgehead atoms. The molecular weight excluding hydrogens is 309 g/mol. The number of amides is 2. The lowest BCUT2D eigenvalue weighted by atomic mass is 9.95. The average Bonchev–Trinajstić information content (AvgIpc) is 2.57. The van der Waals surface area contributed by atoms with E-state index in [1.165, 1.54) is 4.90 Å². The van der Waals surface area contributed by atoms with Gasteiger partial charge in [-0.2, -0.15) is 0 Å². The van der Waals surface area contributed by atoms with Gasteiger partial charge in [-0.15, -0.1) is 0 Å². The molecule has 1 fully saturated rings. The number of nitrogens with one attached hydrogen (secondary N) is 1. The largest absolute Gasteiger partial charge is 0.356 e. The van der Waals surface area contributed by atoms with Gasteiger partial charge in [0.1, 0.15) is 0 Å². The summed E-state index contributed by atoms with van der Waals surface area (Å²) in [6.07, 6.45) is 1.78. The highest BCUT2D eigenvalue weighted by Crippen LogP contribution is 2.22. The maximum Gasteiger partial charge on any atom is 0.256 e. The summed E-state index contributed by atoms with van der Waals surface area (Å²) >= 11 is 0. The third-order valence-corrected chi connectivity index (χ3v) is 3.97. The molecule has 1 heterocycles. The topological polar surface area (TPSA) is 49.4 Å². The number of rotatable bonds is 4. The minimum Gasteiger partial charge on any atom is -0.356 e. The van der Waals surface area contributed by atoms with Crippen molar-refractivity contribution in [2.75, 3.05) is 19.6 Å². The number of carbonyl (C=O) groups excluding carboxylic acids is 2. The van der Waals surface area contributed by atoms with E-state index < -0.39 is 28.9 Å². The molecule has 1 aromatic rings. The molecule has 1 aromatic carbocycles.